The van der Waals surface area contributed by atoms with E-state index in [4.69, 9.17) is 0 Å². The maximum absolute atomic E-state index is 12.5. The summed E-state index contributed by atoms with van der Waals surface area (Å²) in [6.45, 7) is 1.48. The first kappa shape index (κ1) is 16.3. The van der Waals surface area contributed by atoms with Gasteiger partial charge in [0.2, 0.25) is 5.91 Å². The van der Waals surface area contributed by atoms with Gasteiger partial charge in [-0.15, -0.1) is 0 Å². The van der Waals surface area contributed by atoms with Crippen LogP contribution in [0.3, 0.4) is 0 Å². The highest BCUT2D eigenvalue weighted by Crippen LogP contribution is 2.39. The summed E-state index contributed by atoms with van der Waals surface area (Å²) in [5.41, 5.74) is 0. The highest BCUT2D eigenvalue weighted by atomic mass is 19.4. The third-order valence-corrected chi connectivity index (χ3v) is 3.84. The van der Waals surface area contributed by atoms with Gasteiger partial charge in [-0.1, -0.05) is 0 Å². The van der Waals surface area contributed by atoms with Crippen LogP contribution in [0.2, 0.25) is 0 Å². The van der Waals surface area contributed by atoms with E-state index in [9.17, 15) is 18.0 Å². The number of nitrogens with zero attached hydrogens (tertiary/aromatic N) is 1. The monoisotopic (exact) mass is 280 g/mol. The Morgan fingerprint density at radius 1 is 1.26 bits per heavy atom. The summed E-state index contributed by atoms with van der Waals surface area (Å²) < 4.78 is 37.6. The largest absolute Gasteiger partial charge is 0.391 e. The molecule has 0 unspecified atom stereocenters. The molecular formula is C13H23F3N2O. The fourth-order valence-electron chi connectivity index (χ4n) is 2.58. The number of hydrogen-bond acceptors (Lipinski definition) is 2. The van der Waals surface area contributed by atoms with Crippen molar-refractivity contribution in [1.29, 1.82) is 0 Å². The number of alkyl halides is 3. The lowest BCUT2D eigenvalue weighted by molar-refractivity contribution is -0.185. The zero-order valence-electron chi connectivity index (χ0n) is 11.6. The fourth-order valence-corrected chi connectivity index (χ4v) is 2.58. The predicted octanol–water partition coefficient (Wildman–Crippen LogP) is 2.42. The molecule has 1 rings (SSSR count). The van der Waals surface area contributed by atoms with Crippen molar-refractivity contribution >= 4 is 5.91 Å². The summed E-state index contributed by atoms with van der Waals surface area (Å²) in [7, 11) is 3.58. The normalized spacial score (nSPS) is 24.3. The van der Waals surface area contributed by atoms with Gasteiger partial charge in [-0.3, -0.25) is 4.79 Å². The number of carbonyl (C=O) groups excluding carboxylic acids is 1. The van der Waals surface area contributed by atoms with Gasteiger partial charge >= 0.3 is 6.18 Å². The molecular weight excluding hydrogens is 257 g/mol. The maximum Gasteiger partial charge on any atom is 0.391 e. The Kier molecular flexibility index (Phi) is 6.10. The summed E-state index contributed by atoms with van der Waals surface area (Å²) in [4.78, 5) is 13.7. The second kappa shape index (κ2) is 7.12. The first-order valence-corrected chi connectivity index (χ1v) is 6.82. The van der Waals surface area contributed by atoms with E-state index in [0.717, 1.165) is 13.0 Å². The molecule has 0 spiro atoms. The average Bonchev–Trinajstić information content (AvgIpc) is 2.37. The summed E-state index contributed by atoms with van der Waals surface area (Å²) in [6, 6.07) is 0. The molecule has 1 saturated carbocycles. The number of halogens is 3. The van der Waals surface area contributed by atoms with Crippen molar-refractivity contribution in [3.05, 3.63) is 0 Å². The molecule has 0 aromatic rings. The lowest BCUT2D eigenvalue weighted by atomic mass is 9.81. The molecule has 1 fully saturated rings. The van der Waals surface area contributed by atoms with Gasteiger partial charge in [-0.2, -0.15) is 13.2 Å². The smallest absolute Gasteiger partial charge is 0.345 e. The van der Waals surface area contributed by atoms with Gasteiger partial charge in [-0.05, 0) is 45.7 Å². The van der Waals surface area contributed by atoms with Crippen LogP contribution in [0, 0.1) is 11.8 Å². The zero-order valence-corrected chi connectivity index (χ0v) is 11.6. The van der Waals surface area contributed by atoms with Crippen molar-refractivity contribution in [2.75, 3.05) is 27.2 Å². The summed E-state index contributed by atoms with van der Waals surface area (Å²) in [5, 5.41) is 3.00. The predicted molar refractivity (Wildman–Crippen MR) is 67.7 cm³/mol. The number of rotatable bonds is 5. The van der Waals surface area contributed by atoms with Crippen molar-refractivity contribution < 1.29 is 18.0 Å². The van der Waals surface area contributed by atoms with Gasteiger partial charge in [-0.25, -0.2) is 0 Å². The molecule has 1 aliphatic rings. The van der Waals surface area contributed by atoms with Crippen molar-refractivity contribution in [1.82, 2.24) is 10.2 Å². The number of nitrogens with one attached hydrogen (secondary N) is 1. The summed E-state index contributed by atoms with van der Waals surface area (Å²) >= 11 is 0. The molecule has 0 bridgehead atoms. The van der Waals surface area contributed by atoms with Crippen LogP contribution in [-0.4, -0.2) is 44.2 Å². The second-order valence-corrected chi connectivity index (χ2v) is 5.31. The Morgan fingerprint density at radius 3 is 2.32 bits per heavy atom. The lowest BCUT2D eigenvalue weighted by Crippen LogP contribution is -2.38. The van der Waals surface area contributed by atoms with Gasteiger partial charge in [0.05, 0.1) is 5.92 Å². The topological polar surface area (TPSA) is 32.3 Å². The third kappa shape index (κ3) is 5.01. The highest BCUT2D eigenvalue weighted by Gasteiger charge is 2.42. The van der Waals surface area contributed by atoms with E-state index in [1.54, 1.807) is 11.9 Å². The minimum absolute atomic E-state index is 0.00303. The average molecular weight is 280 g/mol. The Labute approximate surface area is 112 Å². The summed E-state index contributed by atoms with van der Waals surface area (Å²) in [5.74, 6) is -1.44. The molecule has 0 saturated heterocycles. The Bertz CT molecular complexity index is 286. The van der Waals surface area contributed by atoms with Crippen LogP contribution in [0.15, 0.2) is 0 Å². The van der Waals surface area contributed by atoms with Crippen LogP contribution in [0.1, 0.15) is 32.1 Å². The number of carbonyl (C=O) groups is 1. The molecule has 6 heteroatoms. The standard InChI is InChI=1S/C13H23F3N2O/c1-17-8-3-9-18(2)12(19)10-4-6-11(7-5-10)13(14,15)16/h10-11,17H,3-9H2,1-2H3. The minimum atomic E-state index is -4.10. The van der Waals surface area contributed by atoms with Gasteiger partial charge in [0.1, 0.15) is 0 Å². The van der Waals surface area contributed by atoms with Gasteiger partial charge in [0.15, 0.2) is 0 Å². The Hall–Kier alpha value is -0.780. The van der Waals surface area contributed by atoms with Gasteiger partial charge in [0.25, 0.3) is 0 Å². The van der Waals surface area contributed by atoms with Crippen LogP contribution in [-0.2, 0) is 4.79 Å². The lowest BCUT2D eigenvalue weighted by Gasteiger charge is -2.31. The molecule has 0 aromatic carbocycles. The van der Waals surface area contributed by atoms with Crippen molar-refractivity contribution in [2.45, 2.75) is 38.3 Å². The van der Waals surface area contributed by atoms with E-state index in [1.165, 1.54) is 0 Å². The molecule has 0 atom stereocenters. The molecule has 0 radical (unpaired) electrons. The molecule has 0 aliphatic heterocycles. The van der Waals surface area contributed by atoms with E-state index >= 15 is 0 Å². The molecule has 1 amide bonds. The molecule has 0 aromatic heterocycles. The third-order valence-electron chi connectivity index (χ3n) is 3.84. The fraction of sp³-hybridized carbons (Fsp3) is 0.923. The van der Waals surface area contributed by atoms with Crippen LogP contribution in [0.25, 0.3) is 0 Å². The van der Waals surface area contributed by atoms with Crippen molar-refractivity contribution in [3.8, 4) is 0 Å². The number of amides is 1. The first-order valence-electron chi connectivity index (χ1n) is 6.82. The van der Waals surface area contributed by atoms with Crippen LogP contribution < -0.4 is 5.32 Å². The number of hydrogen-bond donors (Lipinski definition) is 1. The van der Waals surface area contributed by atoms with Gasteiger partial charge in [0, 0.05) is 19.5 Å². The summed E-state index contributed by atoms with van der Waals surface area (Å²) in [6.07, 6.45) is -2.35. The minimum Gasteiger partial charge on any atom is -0.345 e. The Balaban J connectivity index is 2.36. The molecule has 0 heterocycles. The van der Waals surface area contributed by atoms with Crippen molar-refractivity contribution in [3.63, 3.8) is 0 Å². The Morgan fingerprint density at radius 2 is 1.84 bits per heavy atom. The van der Waals surface area contributed by atoms with E-state index in [0.29, 0.717) is 19.4 Å². The quantitative estimate of drug-likeness (QED) is 0.784. The molecule has 112 valence electrons. The maximum atomic E-state index is 12.5. The molecule has 1 N–H and O–H groups in total. The van der Waals surface area contributed by atoms with Crippen LogP contribution in [0.4, 0.5) is 13.2 Å². The zero-order chi connectivity index (χ0) is 14.5. The van der Waals surface area contributed by atoms with E-state index < -0.39 is 12.1 Å². The highest BCUT2D eigenvalue weighted by molar-refractivity contribution is 5.78. The van der Waals surface area contributed by atoms with Crippen LogP contribution >= 0.6 is 0 Å². The van der Waals surface area contributed by atoms with E-state index in [-0.39, 0.29) is 24.7 Å². The van der Waals surface area contributed by atoms with Crippen LogP contribution in [0.5, 0.6) is 0 Å². The second-order valence-electron chi connectivity index (χ2n) is 5.31. The molecule has 3 nitrogen and oxygen atoms in total. The molecule has 1 aliphatic carbocycles. The van der Waals surface area contributed by atoms with Crippen molar-refractivity contribution in [2.24, 2.45) is 11.8 Å². The first-order chi connectivity index (χ1) is 8.86. The van der Waals surface area contributed by atoms with Gasteiger partial charge < -0.3 is 10.2 Å². The van der Waals surface area contributed by atoms with E-state index in [2.05, 4.69) is 5.32 Å². The molecule has 19 heavy (non-hydrogen) atoms. The van der Waals surface area contributed by atoms with E-state index in [1.807, 2.05) is 7.05 Å². The SMILES string of the molecule is CNCCCN(C)C(=O)C1CCC(C(F)(F)F)CC1.